The van der Waals surface area contributed by atoms with E-state index in [0.717, 1.165) is 23.8 Å². The minimum absolute atomic E-state index is 0. The lowest BCUT2D eigenvalue weighted by molar-refractivity contribution is 0.100. The summed E-state index contributed by atoms with van der Waals surface area (Å²) < 4.78 is 5.39. The van der Waals surface area contributed by atoms with E-state index in [4.69, 9.17) is 4.74 Å². The van der Waals surface area contributed by atoms with Gasteiger partial charge in [0.1, 0.15) is 5.75 Å². The van der Waals surface area contributed by atoms with Crippen LogP contribution in [0.2, 0.25) is 0 Å². The van der Waals surface area contributed by atoms with Crippen molar-refractivity contribution in [3.63, 3.8) is 0 Å². The average Bonchev–Trinajstić information content (AvgIpc) is 2.57. The molecular weight excluding hydrogens is 318 g/mol. The van der Waals surface area contributed by atoms with Gasteiger partial charge in [0.05, 0.1) is 7.11 Å². The first kappa shape index (κ1) is 19.6. The second-order valence-corrected chi connectivity index (χ2v) is 7.66. The molecule has 24 heavy (non-hydrogen) atoms. The van der Waals surface area contributed by atoms with E-state index in [0.29, 0.717) is 0 Å². The predicted octanol–water partition coefficient (Wildman–Crippen LogP) is 5.58. The van der Waals surface area contributed by atoms with E-state index in [2.05, 4.69) is 36.9 Å². The summed E-state index contributed by atoms with van der Waals surface area (Å²) in [6.45, 7) is 6.11. The lowest BCUT2D eigenvalue weighted by atomic mass is 9.80. The van der Waals surface area contributed by atoms with Crippen LogP contribution in [0.5, 0.6) is 5.75 Å². The maximum Gasteiger partial charge on any atom is 0.119 e. The topological polar surface area (TPSA) is 12.5 Å². The fourth-order valence-corrected chi connectivity index (χ4v) is 4.75. The number of likely N-dealkylation sites (tertiary alicyclic amines) is 1. The summed E-state index contributed by atoms with van der Waals surface area (Å²) >= 11 is 0. The quantitative estimate of drug-likeness (QED) is 0.686. The van der Waals surface area contributed by atoms with E-state index in [-0.39, 0.29) is 12.4 Å². The second kappa shape index (κ2) is 9.10. The summed E-state index contributed by atoms with van der Waals surface area (Å²) in [5.74, 6) is 1.78. The highest BCUT2D eigenvalue weighted by molar-refractivity contribution is 5.85. The average molecular weight is 352 g/mol. The molecule has 0 radical (unpaired) electrons. The number of aryl methyl sites for hydroxylation is 1. The molecule has 1 unspecified atom stereocenters. The summed E-state index contributed by atoms with van der Waals surface area (Å²) in [5, 5.41) is 0. The van der Waals surface area contributed by atoms with Gasteiger partial charge in [-0.15, -0.1) is 12.4 Å². The van der Waals surface area contributed by atoms with E-state index in [1.54, 1.807) is 12.7 Å². The molecule has 0 aromatic heterocycles. The van der Waals surface area contributed by atoms with Crippen molar-refractivity contribution in [1.29, 1.82) is 0 Å². The SMILES string of the molecule is COc1ccc2c(c1)CCCC2CCCN1[C@H](C)CCC[C@@H]1C.Cl. The number of methoxy groups -OCH3 is 1. The number of piperidine rings is 1. The molecule has 2 aliphatic rings. The number of rotatable bonds is 5. The lowest BCUT2D eigenvalue weighted by Crippen LogP contribution is -2.44. The van der Waals surface area contributed by atoms with Crippen LogP contribution in [0.4, 0.5) is 0 Å². The molecule has 3 heteroatoms. The molecule has 0 spiro atoms. The van der Waals surface area contributed by atoms with Crippen LogP contribution in [0.25, 0.3) is 0 Å². The van der Waals surface area contributed by atoms with Gasteiger partial charge in [-0.25, -0.2) is 0 Å². The molecule has 3 rings (SSSR count). The number of nitrogens with zero attached hydrogens (tertiary/aromatic N) is 1. The normalized spacial score (nSPS) is 27.2. The number of fused-ring (bicyclic) bond motifs is 1. The number of hydrogen-bond acceptors (Lipinski definition) is 2. The van der Waals surface area contributed by atoms with Gasteiger partial charge in [-0.1, -0.05) is 12.5 Å². The molecule has 1 fully saturated rings. The smallest absolute Gasteiger partial charge is 0.119 e. The molecule has 1 aromatic rings. The molecule has 1 heterocycles. The number of ether oxygens (including phenoxy) is 1. The van der Waals surface area contributed by atoms with E-state index >= 15 is 0 Å². The maximum absolute atomic E-state index is 5.39. The molecule has 0 amide bonds. The van der Waals surface area contributed by atoms with Gasteiger partial charge in [0.2, 0.25) is 0 Å². The highest BCUT2D eigenvalue weighted by Gasteiger charge is 2.25. The minimum atomic E-state index is 0. The van der Waals surface area contributed by atoms with E-state index in [1.807, 2.05) is 0 Å². The highest BCUT2D eigenvalue weighted by Crippen LogP contribution is 2.36. The molecule has 0 N–H and O–H groups in total. The molecule has 0 saturated carbocycles. The van der Waals surface area contributed by atoms with Crippen molar-refractivity contribution in [2.24, 2.45) is 0 Å². The molecule has 1 aromatic carbocycles. The first-order chi connectivity index (χ1) is 11.2. The highest BCUT2D eigenvalue weighted by atomic mass is 35.5. The van der Waals surface area contributed by atoms with Gasteiger partial charge in [-0.3, -0.25) is 4.90 Å². The van der Waals surface area contributed by atoms with E-state index < -0.39 is 0 Å². The molecule has 2 nitrogen and oxygen atoms in total. The molecular formula is C21H34ClNO. The molecule has 3 atom stereocenters. The van der Waals surface area contributed by atoms with Crippen molar-refractivity contribution in [3.05, 3.63) is 29.3 Å². The van der Waals surface area contributed by atoms with Crippen molar-refractivity contribution in [1.82, 2.24) is 4.90 Å². The fraction of sp³-hybridized carbons (Fsp3) is 0.714. The summed E-state index contributed by atoms with van der Waals surface area (Å²) in [5.41, 5.74) is 3.12. The molecule has 1 saturated heterocycles. The number of benzene rings is 1. The summed E-state index contributed by atoms with van der Waals surface area (Å²) in [4.78, 5) is 2.75. The van der Waals surface area contributed by atoms with Crippen molar-refractivity contribution >= 4 is 12.4 Å². The summed E-state index contributed by atoms with van der Waals surface area (Å²) in [7, 11) is 1.77. The molecule has 136 valence electrons. The largest absolute Gasteiger partial charge is 0.497 e. The zero-order chi connectivity index (χ0) is 16.2. The maximum atomic E-state index is 5.39. The molecule has 1 aliphatic heterocycles. The Morgan fingerprint density at radius 3 is 2.54 bits per heavy atom. The van der Waals surface area contributed by atoms with Gasteiger partial charge >= 0.3 is 0 Å². The lowest BCUT2D eigenvalue weighted by Gasteiger charge is -2.39. The van der Waals surface area contributed by atoms with E-state index in [9.17, 15) is 0 Å². The minimum Gasteiger partial charge on any atom is -0.497 e. The van der Waals surface area contributed by atoms with Gasteiger partial charge in [0.15, 0.2) is 0 Å². The first-order valence-corrected chi connectivity index (χ1v) is 9.61. The number of halogens is 1. The zero-order valence-electron chi connectivity index (χ0n) is 15.6. The van der Waals surface area contributed by atoms with Crippen molar-refractivity contribution in [2.45, 2.75) is 83.2 Å². The van der Waals surface area contributed by atoms with Crippen LogP contribution in [0.3, 0.4) is 0 Å². The van der Waals surface area contributed by atoms with Crippen LogP contribution in [-0.2, 0) is 6.42 Å². The van der Waals surface area contributed by atoms with Gasteiger partial charge < -0.3 is 4.74 Å². The summed E-state index contributed by atoms with van der Waals surface area (Å²) in [6.07, 6.45) is 10.8. The molecule has 0 bridgehead atoms. The predicted molar refractivity (Wildman–Crippen MR) is 105 cm³/mol. The Labute approximate surface area is 154 Å². The first-order valence-electron chi connectivity index (χ1n) is 9.61. The van der Waals surface area contributed by atoms with Crippen LogP contribution >= 0.6 is 12.4 Å². The third kappa shape index (κ3) is 4.46. The zero-order valence-corrected chi connectivity index (χ0v) is 16.4. The second-order valence-electron chi connectivity index (χ2n) is 7.66. The Bertz CT molecular complexity index is 509. The van der Waals surface area contributed by atoms with Gasteiger partial charge in [-0.2, -0.15) is 0 Å². The molecule has 1 aliphatic carbocycles. The van der Waals surface area contributed by atoms with Crippen molar-refractivity contribution < 1.29 is 4.74 Å². The number of hydrogen-bond donors (Lipinski definition) is 0. The van der Waals surface area contributed by atoms with Crippen LogP contribution in [-0.4, -0.2) is 30.6 Å². The van der Waals surface area contributed by atoms with E-state index in [1.165, 1.54) is 63.5 Å². The third-order valence-electron chi connectivity index (χ3n) is 6.13. The van der Waals surface area contributed by atoms with Gasteiger partial charge in [0, 0.05) is 12.1 Å². The third-order valence-corrected chi connectivity index (χ3v) is 6.13. The Kier molecular flexibility index (Phi) is 7.43. The Morgan fingerprint density at radius 1 is 1.08 bits per heavy atom. The van der Waals surface area contributed by atoms with Gasteiger partial charge in [-0.05, 0) is 94.5 Å². The van der Waals surface area contributed by atoms with Crippen LogP contribution in [0.15, 0.2) is 18.2 Å². The summed E-state index contributed by atoms with van der Waals surface area (Å²) in [6, 6.07) is 8.29. The fourth-order valence-electron chi connectivity index (χ4n) is 4.75. The van der Waals surface area contributed by atoms with Crippen LogP contribution in [0, 0.1) is 0 Å². The Morgan fingerprint density at radius 2 is 1.83 bits per heavy atom. The van der Waals surface area contributed by atoms with Crippen LogP contribution < -0.4 is 4.74 Å². The van der Waals surface area contributed by atoms with Crippen molar-refractivity contribution in [3.8, 4) is 5.75 Å². The standard InChI is InChI=1S/C21H33NO.ClH/c1-16-7-4-8-17(2)22(16)14-6-11-18-9-5-10-19-15-20(23-3)12-13-21(18)19;/h12-13,15-18H,4-11,14H2,1-3H3;1H/t16-,17+,18?;. The monoisotopic (exact) mass is 351 g/mol. The Hall–Kier alpha value is -0.730. The Balaban J connectivity index is 0.00000208. The van der Waals surface area contributed by atoms with Crippen molar-refractivity contribution in [2.75, 3.05) is 13.7 Å². The van der Waals surface area contributed by atoms with Gasteiger partial charge in [0.25, 0.3) is 0 Å². The van der Waals surface area contributed by atoms with Crippen LogP contribution in [0.1, 0.15) is 75.8 Å².